The van der Waals surface area contributed by atoms with E-state index in [0.717, 1.165) is 22.0 Å². The van der Waals surface area contributed by atoms with Crippen LogP contribution in [0.1, 0.15) is 49.0 Å². The van der Waals surface area contributed by atoms with E-state index in [1.807, 2.05) is 36.4 Å². The van der Waals surface area contributed by atoms with Crippen molar-refractivity contribution in [1.82, 2.24) is 10.3 Å². The minimum atomic E-state index is -0.0225. The molecule has 26 heavy (non-hydrogen) atoms. The zero-order valence-corrected chi connectivity index (χ0v) is 16.8. The fraction of sp³-hybridized carbons (Fsp3) is 0.429. The van der Waals surface area contributed by atoms with Gasteiger partial charge in [-0.05, 0) is 42.0 Å². The lowest BCUT2D eigenvalue weighted by Crippen LogP contribution is -2.43. The zero-order valence-electron chi connectivity index (χ0n) is 15.2. The van der Waals surface area contributed by atoms with Crippen molar-refractivity contribution >= 4 is 29.3 Å². The van der Waals surface area contributed by atoms with Crippen LogP contribution in [0.15, 0.2) is 47.6 Å². The van der Waals surface area contributed by atoms with E-state index in [4.69, 9.17) is 11.6 Å². The first-order valence-electron chi connectivity index (χ1n) is 9.18. The minimum Gasteiger partial charge on any atom is -0.349 e. The second kappa shape index (κ2) is 8.92. The Morgan fingerprint density at radius 2 is 2.04 bits per heavy atom. The number of nitrogens with zero attached hydrogens (tertiary/aromatic N) is 1. The van der Waals surface area contributed by atoms with Gasteiger partial charge in [0.25, 0.3) is 5.91 Å². The number of halogens is 1. The maximum Gasteiger partial charge on any atom is 0.254 e. The van der Waals surface area contributed by atoms with Gasteiger partial charge in [-0.1, -0.05) is 56.5 Å². The summed E-state index contributed by atoms with van der Waals surface area (Å²) in [5.41, 5.74) is 1.70. The minimum absolute atomic E-state index is 0.0225. The van der Waals surface area contributed by atoms with E-state index in [0.29, 0.717) is 23.2 Å². The van der Waals surface area contributed by atoms with Gasteiger partial charge in [-0.15, -0.1) is 11.8 Å². The molecule has 1 fully saturated rings. The normalized spacial score (nSPS) is 22.8. The summed E-state index contributed by atoms with van der Waals surface area (Å²) in [5, 5.41) is 4.74. The molecular weight excluding hydrogens is 364 g/mol. The summed E-state index contributed by atoms with van der Waals surface area (Å²) in [6.45, 7) is 4.52. The largest absolute Gasteiger partial charge is 0.349 e. The molecule has 1 aliphatic rings. The van der Waals surface area contributed by atoms with E-state index >= 15 is 0 Å². The van der Waals surface area contributed by atoms with Crippen LogP contribution < -0.4 is 5.32 Å². The summed E-state index contributed by atoms with van der Waals surface area (Å²) < 4.78 is 0. The number of nitrogens with one attached hydrogen (secondary N) is 1. The number of thioether (sulfide) groups is 1. The Bertz CT molecular complexity index is 767. The SMILES string of the molecule is CC1CCCC(NC(=O)c2cccnc2SCc2ccccc2Cl)C1C. The summed E-state index contributed by atoms with van der Waals surface area (Å²) in [7, 11) is 0. The number of hydrogen-bond donors (Lipinski definition) is 1. The number of rotatable bonds is 5. The van der Waals surface area contributed by atoms with E-state index in [1.165, 1.54) is 12.8 Å². The average Bonchev–Trinajstić information content (AvgIpc) is 2.65. The van der Waals surface area contributed by atoms with Gasteiger partial charge < -0.3 is 5.32 Å². The molecule has 138 valence electrons. The highest BCUT2D eigenvalue weighted by Gasteiger charge is 2.29. The average molecular weight is 389 g/mol. The third kappa shape index (κ3) is 4.60. The Kier molecular flexibility index (Phi) is 6.60. The fourth-order valence-corrected chi connectivity index (χ4v) is 4.75. The van der Waals surface area contributed by atoms with Gasteiger partial charge in [-0.25, -0.2) is 4.98 Å². The molecule has 1 aromatic heterocycles. The Balaban J connectivity index is 1.70. The van der Waals surface area contributed by atoms with Crippen molar-refractivity contribution in [3.8, 4) is 0 Å². The first kappa shape index (κ1) is 19.2. The molecule has 1 amide bonds. The molecule has 1 heterocycles. The Morgan fingerprint density at radius 1 is 1.23 bits per heavy atom. The van der Waals surface area contributed by atoms with E-state index < -0.39 is 0 Å². The van der Waals surface area contributed by atoms with Crippen LogP contribution in [-0.4, -0.2) is 16.9 Å². The van der Waals surface area contributed by atoms with Gasteiger partial charge in [0.2, 0.25) is 0 Å². The predicted molar refractivity (Wildman–Crippen MR) is 109 cm³/mol. The van der Waals surface area contributed by atoms with Gasteiger partial charge >= 0.3 is 0 Å². The molecule has 3 rings (SSSR count). The van der Waals surface area contributed by atoms with Gasteiger partial charge in [0.15, 0.2) is 0 Å². The van der Waals surface area contributed by atoms with Gasteiger partial charge in [0, 0.05) is 23.0 Å². The second-order valence-corrected chi connectivity index (χ2v) is 8.45. The molecule has 2 aromatic rings. The van der Waals surface area contributed by atoms with Crippen LogP contribution in [0, 0.1) is 11.8 Å². The lowest BCUT2D eigenvalue weighted by atomic mass is 9.78. The van der Waals surface area contributed by atoms with Gasteiger partial charge in [-0.3, -0.25) is 4.79 Å². The van der Waals surface area contributed by atoms with Gasteiger partial charge in [-0.2, -0.15) is 0 Å². The standard InChI is InChI=1S/C21H25ClN2OS/c1-14-7-5-11-19(15(14)2)24-20(25)17-9-6-12-23-21(17)26-13-16-8-3-4-10-18(16)22/h3-4,6,8-10,12,14-15,19H,5,7,11,13H2,1-2H3,(H,24,25). The number of amides is 1. The van der Waals surface area contributed by atoms with Crippen molar-refractivity contribution in [1.29, 1.82) is 0 Å². The highest BCUT2D eigenvalue weighted by atomic mass is 35.5. The summed E-state index contributed by atoms with van der Waals surface area (Å²) in [6.07, 6.45) is 5.22. The molecule has 3 unspecified atom stereocenters. The van der Waals surface area contributed by atoms with E-state index in [2.05, 4.69) is 24.1 Å². The number of aromatic nitrogens is 1. The molecule has 5 heteroatoms. The molecule has 1 aromatic carbocycles. The summed E-state index contributed by atoms with van der Waals surface area (Å²) in [4.78, 5) is 17.3. The number of carbonyl (C=O) groups is 1. The first-order valence-corrected chi connectivity index (χ1v) is 10.5. The molecule has 0 saturated heterocycles. The molecule has 3 nitrogen and oxygen atoms in total. The van der Waals surface area contributed by atoms with Gasteiger partial charge in [0.1, 0.15) is 5.03 Å². The lowest BCUT2D eigenvalue weighted by Gasteiger charge is -2.34. The Morgan fingerprint density at radius 3 is 2.85 bits per heavy atom. The number of hydrogen-bond acceptors (Lipinski definition) is 3. The number of benzene rings is 1. The molecular formula is C21H25ClN2OS. The van der Waals surface area contributed by atoms with Crippen molar-refractivity contribution in [2.24, 2.45) is 11.8 Å². The van der Waals surface area contributed by atoms with Crippen molar-refractivity contribution in [2.45, 2.75) is 49.9 Å². The maximum atomic E-state index is 12.9. The van der Waals surface area contributed by atoms with Crippen LogP contribution in [0.5, 0.6) is 0 Å². The summed E-state index contributed by atoms with van der Waals surface area (Å²) in [5.74, 6) is 1.82. The van der Waals surface area contributed by atoms with Gasteiger partial charge in [0.05, 0.1) is 5.56 Å². The number of carbonyl (C=O) groups excluding carboxylic acids is 1. The van der Waals surface area contributed by atoms with E-state index in [1.54, 1.807) is 18.0 Å². The third-order valence-electron chi connectivity index (χ3n) is 5.36. The van der Waals surface area contributed by atoms with E-state index in [-0.39, 0.29) is 11.9 Å². The van der Waals surface area contributed by atoms with Crippen LogP contribution in [0.25, 0.3) is 0 Å². The van der Waals surface area contributed by atoms with E-state index in [9.17, 15) is 4.79 Å². The highest BCUT2D eigenvalue weighted by Crippen LogP contribution is 2.31. The first-order chi connectivity index (χ1) is 12.6. The molecule has 0 bridgehead atoms. The Hall–Kier alpha value is -1.52. The van der Waals surface area contributed by atoms with Crippen molar-refractivity contribution < 1.29 is 4.79 Å². The molecule has 0 radical (unpaired) electrons. The van der Waals surface area contributed by atoms with Crippen molar-refractivity contribution in [3.63, 3.8) is 0 Å². The molecule has 0 aliphatic heterocycles. The van der Waals surface area contributed by atoms with Crippen LogP contribution in [-0.2, 0) is 5.75 Å². The molecule has 1 saturated carbocycles. The summed E-state index contributed by atoms with van der Waals surface area (Å²) in [6, 6.07) is 11.7. The molecule has 1 N–H and O–H groups in total. The summed E-state index contributed by atoms with van der Waals surface area (Å²) >= 11 is 7.79. The van der Waals surface area contributed by atoms with Crippen LogP contribution in [0.3, 0.4) is 0 Å². The predicted octanol–water partition coefficient (Wildman–Crippen LogP) is 5.58. The van der Waals surface area contributed by atoms with Crippen LogP contribution in [0.2, 0.25) is 5.02 Å². The molecule has 0 spiro atoms. The lowest BCUT2D eigenvalue weighted by molar-refractivity contribution is 0.0887. The monoisotopic (exact) mass is 388 g/mol. The van der Waals surface area contributed by atoms with Crippen LogP contribution >= 0.6 is 23.4 Å². The Labute approximate surface area is 164 Å². The number of pyridine rings is 1. The fourth-order valence-electron chi connectivity index (χ4n) is 3.47. The smallest absolute Gasteiger partial charge is 0.254 e. The topological polar surface area (TPSA) is 42.0 Å². The van der Waals surface area contributed by atoms with Crippen LogP contribution in [0.4, 0.5) is 0 Å². The zero-order chi connectivity index (χ0) is 18.5. The maximum absolute atomic E-state index is 12.9. The third-order valence-corrected chi connectivity index (χ3v) is 6.78. The molecule has 1 aliphatic carbocycles. The quantitative estimate of drug-likeness (QED) is 0.679. The highest BCUT2D eigenvalue weighted by molar-refractivity contribution is 7.98. The molecule has 3 atom stereocenters. The van der Waals surface area contributed by atoms with Crippen molar-refractivity contribution in [3.05, 3.63) is 58.7 Å². The second-order valence-electron chi connectivity index (χ2n) is 7.08. The van der Waals surface area contributed by atoms with Crippen molar-refractivity contribution in [2.75, 3.05) is 0 Å².